The van der Waals surface area contributed by atoms with Crippen molar-refractivity contribution < 1.29 is 14.3 Å². The highest BCUT2D eigenvalue weighted by Crippen LogP contribution is 2.15. The molecule has 1 unspecified atom stereocenters. The summed E-state index contributed by atoms with van der Waals surface area (Å²) in [5.74, 6) is -0.333. The minimum Gasteiger partial charge on any atom is -0.444 e. The van der Waals surface area contributed by atoms with Gasteiger partial charge in [-0.25, -0.2) is 4.79 Å². The number of carbonyl (C=O) groups excluding carboxylic acids is 2. The number of likely N-dealkylation sites (tertiary alicyclic amines) is 1. The molecule has 0 radical (unpaired) electrons. The lowest BCUT2D eigenvalue weighted by atomic mass is 10.0. The topological polar surface area (TPSA) is 84.7 Å². The quantitative estimate of drug-likeness (QED) is 0.783. The maximum Gasteiger partial charge on any atom is 0.408 e. The number of piperidine rings is 1. The second-order valence-corrected chi connectivity index (χ2v) is 5.56. The van der Waals surface area contributed by atoms with Gasteiger partial charge in [-0.2, -0.15) is 0 Å². The van der Waals surface area contributed by atoms with Crippen molar-refractivity contribution in [2.75, 3.05) is 13.2 Å². The van der Waals surface area contributed by atoms with Crippen molar-refractivity contribution in [1.82, 2.24) is 10.2 Å². The first-order chi connectivity index (χ1) is 8.29. The van der Waals surface area contributed by atoms with Gasteiger partial charge in [0.1, 0.15) is 5.60 Å². The van der Waals surface area contributed by atoms with Crippen molar-refractivity contribution in [1.29, 1.82) is 0 Å². The monoisotopic (exact) mass is 257 g/mol. The molecule has 1 fully saturated rings. The van der Waals surface area contributed by atoms with Gasteiger partial charge in [-0.15, -0.1) is 0 Å². The molecule has 1 aliphatic rings. The maximum absolute atomic E-state index is 11.5. The van der Waals surface area contributed by atoms with Gasteiger partial charge in [0.15, 0.2) is 0 Å². The van der Waals surface area contributed by atoms with Crippen LogP contribution in [0.4, 0.5) is 4.79 Å². The van der Waals surface area contributed by atoms with E-state index in [1.165, 1.54) is 0 Å². The van der Waals surface area contributed by atoms with Crippen LogP contribution in [0.3, 0.4) is 0 Å². The molecule has 0 aliphatic carbocycles. The Morgan fingerprint density at radius 3 is 2.61 bits per heavy atom. The first-order valence-corrected chi connectivity index (χ1v) is 6.30. The highest BCUT2D eigenvalue weighted by Gasteiger charge is 2.27. The predicted molar refractivity (Wildman–Crippen MR) is 67.8 cm³/mol. The summed E-state index contributed by atoms with van der Waals surface area (Å²) in [7, 11) is 0. The number of nitrogens with two attached hydrogens (primary N) is 1. The van der Waals surface area contributed by atoms with Crippen molar-refractivity contribution in [3.05, 3.63) is 0 Å². The molecule has 1 saturated heterocycles. The van der Waals surface area contributed by atoms with E-state index in [9.17, 15) is 9.59 Å². The van der Waals surface area contributed by atoms with E-state index in [4.69, 9.17) is 10.5 Å². The minimum absolute atomic E-state index is 0.284. The normalized spacial score (nSPS) is 21.4. The number of ether oxygens (including phenoxy) is 1. The summed E-state index contributed by atoms with van der Waals surface area (Å²) in [4.78, 5) is 24.7. The Balaban J connectivity index is 2.41. The smallest absolute Gasteiger partial charge is 0.408 e. The van der Waals surface area contributed by atoms with E-state index < -0.39 is 11.7 Å². The Morgan fingerprint density at radius 2 is 2.06 bits per heavy atom. The van der Waals surface area contributed by atoms with E-state index in [0.29, 0.717) is 6.67 Å². The minimum atomic E-state index is -0.519. The van der Waals surface area contributed by atoms with Gasteiger partial charge >= 0.3 is 6.09 Å². The molecule has 3 N–H and O–H groups in total. The fraction of sp³-hybridized carbons (Fsp3) is 0.833. The molecule has 0 aromatic carbocycles. The molecule has 6 nitrogen and oxygen atoms in total. The lowest BCUT2D eigenvalue weighted by Crippen LogP contribution is -2.52. The summed E-state index contributed by atoms with van der Waals surface area (Å²) in [6.07, 6.45) is 2.29. The van der Waals surface area contributed by atoms with Gasteiger partial charge in [-0.3, -0.25) is 9.69 Å². The van der Waals surface area contributed by atoms with Crippen molar-refractivity contribution in [3.8, 4) is 0 Å². The Hall–Kier alpha value is -1.30. The van der Waals surface area contributed by atoms with Gasteiger partial charge in [0.05, 0.1) is 12.7 Å². The molecule has 0 spiro atoms. The van der Waals surface area contributed by atoms with E-state index in [0.717, 1.165) is 25.8 Å². The zero-order chi connectivity index (χ0) is 13.8. The van der Waals surface area contributed by atoms with E-state index in [1.54, 1.807) is 20.8 Å². The van der Waals surface area contributed by atoms with E-state index >= 15 is 0 Å². The first-order valence-electron chi connectivity index (χ1n) is 6.30. The van der Waals surface area contributed by atoms with Crippen LogP contribution in [-0.2, 0) is 9.53 Å². The number of rotatable bonds is 3. The number of alkyl carbamates (subject to hydrolysis) is 1. The van der Waals surface area contributed by atoms with Crippen molar-refractivity contribution in [2.45, 2.75) is 51.7 Å². The van der Waals surface area contributed by atoms with Crippen LogP contribution in [0.5, 0.6) is 0 Å². The third kappa shape index (κ3) is 4.91. The van der Waals surface area contributed by atoms with E-state index in [-0.39, 0.29) is 11.9 Å². The maximum atomic E-state index is 11.5. The standard InChI is InChI=1S/C12H23N3O3/c1-12(2,3)18-11(17)14-8-15-7-5-4-6-9(15)10(13)16/h9H,4-8H2,1-3H3,(H2,13,16)(H,14,17). The van der Waals surface area contributed by atoms with Gasteiger partial charge in [0.25, 0.3) is 0 Å². The molecule has 0 aromatic rings. The number of carbonyl (C=O) groups is 2. The van der Waals surface area contributed by atoms with Crippen LogP contribution in [0, 0.1) is 0 Å². The lowest BCUT2D eigenvalue weighted by Gasteiger charge is -2.33. The van der Waals surface area contributed by atoms with Crippen LogP contribution in [0.25, 0.3) is 0 Å². The molecular formula is C12H23N3O3. The number of nitrogens with zero attached hydrogens (tertiary/aromatic N) is 1. The second kappa shape index (κ2) is 6.04. The number of primary amides is 1. The van der Waals surface area contributed by atoms with Gasteiger partial charge in [0.2, 0.25) is 5.91 Å². The SMILES string of the molecule is CC(C)(C)OC(=O)NCN1CCCCC1C(N)=O. The number of amides is 2. The number of hydrogen-bond donors (Lipinski definition) is 2. The molecule has 1 aliphatic heterocycles. The van der Waals surface area contributed by atoms with Gasteiger partial charge < -0.3 is 15.8 Å². The molecule has 2 amide bonds. The molecule has 1 heterocycles. The summed E-state index contributed by atoms with van der Waals surface area (Å²) in [5.41, 5.74) is 4.82. The molecule has 104 valence electrons. The van der Waals surface area contributed by atoms with Crippen LogP contribution in [-0.4, -0.2) is 41.8 Å². The lowest BCUT2D eigenvalue weighted by molar-refractivity contribution is -0.124. The second-order valence-electron chi connectivity index (χ2n) is 5.56. The van der Waals surface area contributed by atoms with Crippen LogP contribution in [0.1, 0.15) is 40.0 Å². The zero-order valence-corrected chi connectivity index (χ0v) is 11.4. The van der Waals surface area contributed by atoms with Gasteiger partial charge in [-0.05, 0) is 33.6 Å². The molecule has 0 aromatic heterocycles. The molecule has 1 rings (SSSR count). The van der Waals surface area contributed by atoms with Crippen molar-refractivity contribution in [2.24, 2.45) is 5.73 Å². The Kier molecular flexibility index (Phi) is 4.95. The Morgan fingerprint density at radius 1 is 1.39 bits per heavy atom. The third-order valence-electron chi connectivity index (χ3n) is 2.77. The Bertz CT molecular complexity index is 312. The Labute approximate surface area is 108 Å². The van der Waals surface area contributed by atoms with Crippen molar-refractivity contribution in [3.63, 3.8) is 0 Å². The molecule has 0 saturated carbocycles. The summed E-state index contributed by atoms with van der Waals surface area (Å²) in [6, 6.07) is -0.284. The fourth-order valence-electron chi connectivity index (χ4n) is 1.98. The van der Waals surface area contributed by atoms with E-state index in [2.05, 4.69) is 5.32 Å². The van der Waals surface area contributed by atoms with Crippen LogP contribution in [0.2, 0.25) is 0 Å². The summed E-state index contributed by atoms with van der Waals surface area (Å²) in [6.45, 7) is 6.48. The highest BCUT2D eigenvalue weighted by atomic mass is 16.6. The average Bonchev–Trinajstić information content (AvgIpc) is 2.24. The summed E-state index contributed by atoms with van der Waals surface area (Å²) in [5, 5.41) is 2.65. The highest BCUT2D eigenvalue weighted by molar-refractivity contribution is 5.80. The molecule has 18 heavy (non-hydrogen) atoms. The van der Waals surface area contributed by atoms with Crippen LogP contribution in [0.15, 0.2) is 0 Å². The van der Waals surface area contributed by atoms with E-state index in [1.807, 2.05) is 4.90 Å². The predicted octanol–water partition coefficient (Wildman–Crippen LogP) is 0.808. The van der Waals surface area contributed by atoms with Crippen molar-refractivity contribution >= 4 is 12.0 Å². The summed E-state index contributed by atoms with van der Waals surface area (Å²) < 4.78 is 5.13. The molecule has 6 heteroatoms. The molecule has 1 atom stereocenters. The zero-order valence-electron chi connectivity index (χ0n) is 11.4. The summed E-state index contributed by atoms with van der Waals surface area (Å²) >= 11 is 0. The average molecular weight is 257 g/mol. The van der Waals surface area contributed by atoms with Crippen LogP contribution >= 0.6 is 0 Å². The molecule has 0 bridgehead atoms. The number of hydrogen-bond acceptors (Lipinski definition) is 4. The molecular weight excluding hydrogens is 234 g/mol. The number of nitrogens with one attached hydrogen (secondary N) is 1. The fourth-order valence-corrected chi connectivity index (χ4v) is 1.98. The van der Waals surface area contributed by atoms with Crippen LogP contribution < -0.4 is 11.1 Å². The largest absolute Gasteiger partial charge is 0.444 e. The van der Waals surface area contributed by atoms with Gasteiger partial charge in [-0.1, -0.05) is 6.42 Å². The van der Waals surface area contributed by atoms with Gasteiger partial charge in [0, 0.05) is 6.54 Å². The third-order valence-corrected chi connectivity index (χ3v) is 2.77. The first kappa shape index (κ1) is 14.8.